The number of para-hydroxylation sites is 1. The van der Waals surface area contributed by atoms with Crippen molar-refractivity contribution in [2.45, 2.75) is 19.9 Å². The first-order chi connectivity index (χ1) is 9.25. The van der Waals surface area contributed by atoms with Gasteiger partial charge in [0, 0.05) is 5.39 Å². The van der Waals surface area contributed by atoms with Crippen molar-refractivity contribution in [1.82, 2.24) is 25.1 Å². The molecule has 6 heteroatoms. The molecule has 0 aliphatic heterocycles. The highest BCUT2D eigenvalue weighted by atomic mass is 15.2. The summed E-state index contributed by atoms with van der Waals surface area (Å²) in [5, 5.41) is 11.0. The molecule has 0 radical (unpaired) electrons. The maximum absolute atomic E-state index is 4.32. The van der Waals surface area contributed by atoms with Gasteiger partial charge in [-0.05, 0) is 25.5 Å². The van der Waals surface area contributed by atoms with Crippen LogP contribution in [0.5, 0.6) is 0 Å². The number of rotatable bonds is 3. The Morgan fingerprint density at radius 3 is 2.84 bits per heavy atom. The van der Waals surface area contributed by atoms with Crippen LogP contribution in [-0.4, -0.2) is 25.1 Å². The number of hydrogen-bond donors (Lipinski definition) is 2. The first kappa shape index (κ1) is 11.6. The fourth-order valence-electron chi connectivity index (χ4n) is 2.05. The van der Waals surface area contributed by atoms with Crippen LogP contribution in [-0.2, 0) is 0 Å². The van der Waals surface area contributed by atoms with Gasteiger partial charge in [-0.3, -0.25) is 5.10 Å². The monoisotopic (exact) mass is 254 g/mol. The lowest BCUT2D eigenvalue weighted by Crippen LogP contribution is -2.10. The van der Waals surface area contributed by atoms with E-state index in [0.717, 1.165) is 28.1 Å². The number of nitrogens with one attached hydrogen (secondary N) is 2. The van der Waals surface area contributed by atoms with Crippen molar-refractivity contribution >= 4 is 16.7 Å². The molecule has 0 saturated heterocycles. The van der Waals surface area contributed by atoms with Gasteiger partial charge in [-0.1, -0.05) is 12.1 Å². The molecule has 0 aliphatic carbocycles. The molecule has 96 valence electrons. The third-order valence-corrected chi connectivity index (χ3v) is 3.06. The Morgan fingerprint density at radius 1 is 1.16 bits per heavy atom. The summed E-state index contributed by atoms with van der Waals surface area (Å²) in [5.41, 5.74) is 2.10. The van der Waals surface area contributed by atoms with Crippen molar-refractivity contribution in [2.75, 3.05) is 5.32 Å². The first-order valence-electron chi connectivity index (χ1n) is 6.08. The maximum atomic E-state index is 4.32. The van der Waals surface area contributed by atoms with E-state index in [1.807, 2.05) is 32.0 Å². The Balaban J connectivity index is 1.99. The van der Waals surface area contributed by atoms with E-state index < -0.39 is 0 Å². The lowest BCUT2D eigenvalue weighted by Gasteiger charge is -2.13. The normalized spacial score (nSPS) is 12.5. The summed E-state index contributed by atoms with van der Waals surface area (Å²) in [6.45, 7) is 4.04. The SMILES string of the molecule is Cc1cccc2c(NC(C)c3ncn[nH]3)ncnc12. The summed E-state index contributed by atoms with van der Waals surface area (Å²) in [7, 11) is 0. The van der Waals surface area contributed by atoms with Crippen LogP contribution < -0.4 is 5.32 Å². The highest BCUT2D eigenvalue weighted by molar-refractivity contribution is 5.90. The molecular weight excluding hydrogens is 240 g/mol. The second kappa shape index (κ2) is 4.64. The number of aryl methyl sites for hydroxylation is 1. The first-order valence-corrected chi connectivity index (χ1v) is 6.08. The molecule has 1 atom stereocenters. The number of benzene rings is 1. The minimum atomic E-state index is 0.00103. The highest BCUT2D eigenvalue weighted by Gasteiger charge is 2.11. The van der Waals surface area contributed by atoms with Gasteiger partial charge in [0.05, 0.1) is 11.6 Å². The number of aromatic nitrogens is 5. The summed E-state index contributed by atoms with van der Waals surface area (Å²) in [6, 6.07) is 6.06. The quantitative estimate of drug-likeness (QED) is 0.749. The van der Waals surface area contributed by atoms with Gasteiger partial charge >= 0.3 is 0 Å². The van der Waals surface area contributed by atoms with E-state index in [0.29, 0.717) is 0 Å². The van der Waals surface area contributed by atoms with Gasteiger partial charge in [-0.25, -0.2) is 15.0 Å². The van der Waals surface area contributed by atoms with Gasteiger partial charge in [0.25, 0.3) is 0 Å². The molecule has 19 heavy (non-hydrogen) atoms. The van der Waals surface area contributed by atoms with Crippen LogP contribution in [0, 0.1) is 6.92 Å². The number of hydrogen-bond acceptors (Lipinski definition) is 5. The highest BCUT2D eigenvalue weighted by Crippen LogP contribution is 2.24. The van der Waals surface area contributed by atoms with Crippen LogP contribution in [0.2, 0.25) is 0 Å². The fraction of sp³-hybridized carbons (Fsp3) is 0.231. The second-order valence-corrected chi connectivity index (χ2v) is 4.43. The van der Waals surface area contributed by atoms with Gasteiger partial charge in [0.2, 0.25) is 0 Å². The van der Waals surface area contributed by atoms with Crippen LogP contribution in [0.4, 0.5) is 5.82 Å². The Labute approximate surface area is 110 Å². The van der Waals surface area contributed by atoms with Crippen LogP contribution in [0.15, 0.2) is 30.9 Å². The lowest BCUT2D eigenvalue weighted by atomic mass is 10.1. The van der Waals surface area contributed by atoms with Crippen LogP contribution >= 0.6 is 0 Å². The average molecular weight is 254 g/mol. The summed E-state index contributed by atoms with van der Waals surface area (Å²) >= 11 is 0. The standard InChI is InChI=1S/C13H14N6/c1-8-4-3-5-10-11(8)14-6-15-13(10)18-9(2)12-16-7-17-19-12/h3-7,9H,1-2H3,(H,14,15,18)(H,16,17,19). The molecule has 0 spiro atoms. The topological polar surface area (TPSA) is 79.4 Å². The van der Waals surface area contributed by atoms with E-state index in [4.69, 9.17) is 0 Å². The molecule has 1 aromatic carbocycles. The van der Waals surface area contributed by atoms with E-state index in [9.17, 15) is 0 Å². The van der Waals surface area contributed by atoms with Gasteiger partial charge in [-0.15, -0.1) is 0 Å². The van der Waals surface area contributed by atoms with Crippen molar-refractivity contribution in [3.63, 3.8) is 0 Å². The lowest BCUT2D eigenvalue weighted by molar-refractivity contribution is 0.791. The Hall–Kier alpha value is -2.50. The Kier molecular flexibility index (Phi) is 2.83. The molecule has 1 unspecified atom stereocenters. The molecular formula is C13H14N6. The molecule has 0 fully saturated rings. The number of aromatic amines is 1. The van der Waals surface area contributed by atoms with Crippen LogP contribution in [0.25, 0.3) is 10.9 Å². The fourth-order valence-corrected chi connectivity index (χ4v) is 2.05. The molecule has 0 bridgehead atoms. The predicted octanol–water partition coefficient (Wildman–Crippen LogP) is 2.23. The van der Waals surface area contributed by atoms with Gasteiger partial charge in [0.15, 0.2) is 0 Å². The Bertz CT molecular complexity index is 691. The summed E-state index contributed by atoms with van der Waals surface area (Å²) in [4.78, 5) is 12.8. The second-order valence-electron chi connectivity index (χ2n) is 4.43. The molecule has 0 aliphatic rings. The molecule has 0 amide bonds. The minimum Gasteiger partial charge on any atom is -0.360 e. The third-order valence-electron chi connectivity index (χ3n) is 3.06. The summed E-state index contributed by atoms with van der Waals surface area (Å²) in [5.74, 6) is 1.58. The number of anilines is 1. The van der Waals surface area contributed by atoms with Gasteiger partial charge < -0.3 is 5.32 Å². The predicted molar refractivity (Wildman–Crippen MR) is 72.7 cm³/mol. The number of fused-ring (bicyclic) bond motifs is 1. The molecule has 6 nitrogen and oxygen atoms in total. The average Bonchev–Trinajstić information content (AvgIpc) is 2.94. The summed E-state index contributed by atoms with van der Waals surface area (Å²) in [6.07, 6.45) is 3.07. The summed E-state index contributed by atoms with van der Waals surface area (Å²) < 4.78 is 0. The molecule has 2 aromatic heterocycles. The van der Waals surface area contributed by atoms with E-state index in [-0.39, 0.29) is 6.04 Å². The molecule has 2 N–H and O–H groups in total. The Morgan fingerprint density at radius 2 is 2.05 bits per heavy atom. The smallest absolute Gasteiger partial charge is 0.146 e. The van der Waals surface area contributed by atoms with Gasteiger partial charge in [0.1, 0.15) is 24.3 Å². The molecule has 3 aromatic rings. The zero-order chi connectivity index (χ0) is 13.2. The number of nitrogens with zero attached hydrogens (tertiary/aromatic N) is 4. The van der Waals surface area contributed by atoms with Crippen molar-refractivity contribution in [2.24, 2.45) is 0 Å². The minimum absolute atomic E-state index is 0.00103. The van der Waals surface area contributed by atoms with E-state index in [1.54, 1.807) is 6.33 Å². The zero-order valence-electron chi connectivity index (χ0n) is 10.8. The zero-order valence-corrected chi connectivity index (χ0v) is 10.8. The van der Waals surface area contributed by atoms with Crippen molar-refractivity contribution in [1.29, 1.82) is 0 Å². The van der Waals surface area contributed by atoms with Gasteiger partial charge in [-0.2, -0.15) is 5.10 Å². The van der Waals surface area contributed by atoms with Crippen molar-refractivity contribution in [3.05, 3.63) is 42.2 Å². The van der Waals surface area contributed by atoms with Crippen molar-refractivity contribution in [3.8, 4) is 0 Å². The third kappa shape index (κ3) is 2.12. The van der Waals surface area contributed by atoms with Crippen LogP contribution in [0.3, 0.4) is 0 Å². The molecule has 0 saturated carbocycles. The van der Waals surface area contributed by atoms with E-state index in [2.05, 4.69) is 30.5 Å². The maximum Gasteiger partial charge on any atom is 0.146 e. The molecule has 2 heterocycles. The number of H-pyrrole nitrogens is 1. The van der Waals surface area contributed by atoms with Crippen molar-refractivity contribution < 1.29 is 0 Å². The largest absolute Gasteiger partial charge is 0.360 e. The van der Waals surface area contributed by atoms with Crippen LogP contribution in [0.1, 0.15) is 24.4 Å². The molecule has 3 rings (SSSR count). The van der Waals surface area contributed by atoms with E-state index in [1.165, 1.54) is 6.33 Å². The van der Waals surface area contributed by atoms with E-state index >= 15 is 0 Å².